The minimum atomic E-state index is -0.777. The van der Waals surface area contributed by atoms with Crippen LogP contribution in [0.1, 0.15) is 30.3 Å². The highest BCUT2D eigenvalue weighted by Gasteiger charge is 2.37. The van der Waals surface area contributed by atoms with E-state index in [-0.39, 0.29) is 23.6 Å². The summed E-state index contributed by atoms with van der Waals surface area (Å²) < 4.78 is 10.8. The number of nitrogens with one attached hydrogen (secondary N) is 1. The molecule has 1 fully saturated rings. The van der Waals surface area contributed by atoms with Crippen molar-refractivity contribution in [2.75, 3.05) is 31.7 Å². The molecule has 124 valence electrons. The summed E-state index contributed by atoms with van der Waals surface area (Å²) in [5.41, 5.74) is 1.01. The Morgan fingerprint density at radius 2 is 2.35 bits per heavy atom. The molecule has 0 bridgehead atoms. The van der Waals surface area contributed by atoms with E-state index in [2.05, 4.69) is 10.3 Å². The molecule has 2 atom stereocenters. The van der Waals surface area contributed by atoms with Crippen molar-refractivity contribution in [3.8, 4) is 5.88 Å². The van der Waals surface area contributed by atoms with E-state index >= 15 is 0 Å². The number of aromatic nitrogens is 1. The number of ketones is 1. The fraction of sp³-hybridized carbons (Fsp3) is 0.562. The minimum Gasteiger partial charge on any atom is -0.478 e. The van der Waals surface area contributed by atoms with Gasteiger partial charge in [0.15, 0.2) is 5.78 Å². The van der Waals surface area contributed by atoms with Crippen LogP contribution >= 0.6 is 0 Å². The molecule has 0 radical (unpaired) electrons. The van der Waals surface area contributed by atoms with E-state index in [1.807, 2.05) is 18.9 Å². The van der Waals surface area contributed by atoms with E-state index in [4.69, 9.17) is 9.47 Å². The van der Waals surface area contributed by atoms with Gasteiger partial charge in [-0.2, -0.15) is 0 Å². The number of Topliss-reactive ketones (excluding diaryl/α,β-unsaturated/α-hetero) is 1. The highest BCUT2D eigenvalue weighted by atomic mass is 16.5. The van der Waals surface area contributed by atoms with E-state index in [0.717, 1.165) is 18.5 Å². The average molecular weight is 319 g/mol. The van der Waals surface area contributed by atoms with Gasteiger partial charge in [-0.1, -0.05) is 0 Å². The van der Waals surface area contributed by atoms with Crippen molar-refractivity contribution in [1.29, 1.82) is 0 Å². The second-order valence-electron chi connectivity index (χ2n) is 5.76. The molecule has 0 aliphatic carbocycles. The van der Waals surface area contributed by atoms with E-state index < -0.39 is 5.92 Å². The second kappa shape index (κ2) is 6.54. The van der Waals surface area contributed by atoms with Crippen molar-refractivity contribution >= 4 is 17.4 Å². The zero-order chi connectivity index (χ0) is 16.4. The van der Waals surface area contributed by atoms with Gasteiger partial charge in [-0.05, 0) is 25.8 Å². The topological polar surface area (TPSA) is 80.8 Å². The SMILES string of the molecule is CCOc1ccc2c(n1)C(=O)C(C(=O)NC1CCCO1)CN2C. The molecule has 3 heterocycles. The number of rotatable bonds is 4. The Balaban J connectivity index is 1.80. The second-order valence-corrected chi connectivity index (χ2v) is 5.76. The molecule has 1 N–H and O–H groups in total. The van der Waals surface area contributed by atoms with Gasteiger partial charge in [-0.3, -0.25) is 9.59 Å². The molecule has 1 saturated heterocycles. The van der Waals surface area contributed by atoms with Gasteiger partial charge in [0.05, 0.1) is 12.3 Å². The summed E-state index contributed by atoms with van der Waals surface area (Å²) in [5.74, 6) is -0.951. The summed E-state index contributed by atoms with van der Waals surface area (Å²) in [6.45, 7) is 3.30. The van der Waals surface area contributed by atoms with Gasteiger partial charge in [0.2, 0.25) is 11.8 Å². The monoisotopic (exact) mass is 319 g/mol. The van der Waals surface area contributed by atoms with Gasteiger partial charge in [-0.25, -0.2) is 4.98 Å². The summed E-state index contributed by atoms with van der Waals surface area (Å²) in [6.07, 6.45) is 1.42. The number of pyridine rings is 1. The van der Waals surface area contributed by atoms with Crippen molar-refractivity contribution in [3.63, 3.8) is 0 Å². The molecular weight excluding hydrogens is 298 g/mol. The van der Waals surface area contributed by atoms with Crippen molar-refractivity contribution < 1.29 is 19.1 Å². The zero-order valence-electron chi connectivity index (χ0n) is 13.4. The number of amides is 1. The van der Waals surface area contributed by atoms with Crippen LogP contribution in [0.3, 0.4) is 0 Å². The lowest BCUT2D eigenvalue weighted by molar-refractivity contribution is -0.126. The van der Waals surface area contributed by atoms with Crippen LogP contribution in [0.15, 0.2) is 12.1 Å². The first-order valence-corrected chi connectivity index (χ1v) is 7.91. The lowest BCUT2D eigenvalue weighted by Crippen LogP contribution is -2.48. The smallest absolute Gasteiger partial charge is 0.234 e. The van der Waals surface area contributed by atoms with Gasteiger partial charge in [0.25, 0.3) is 0 Å². The molecule has 0 aromatic carbocycles. The van der Waals surface area contributed by atoms with E-state index in [0.29, 0.717) is 25.6 Å². The van der Waals surface area contributed by atoms with Gasteiger partial charge in [0.1, 0.15) is 17.8 Å². The number of ether oxygens (including phenoxy) is 2. The molecule has 1 amide bonds. The summed E-state index contributed by atoms with van der Waals surface area (Å²) >= 11 is 0. The molecule has 1 aromatic heterocycles. The fourth-order valence-corrected chi connectivity index (χ4v) is 2.92. The fourth-order valence-electron chi connectivity index (χ4n) is 2.92. The summed E-state index contributed by atoms with van der Waals surface area (Å²) in [4.78, 5) is 31.3. The van der Waals surface area contributed by atoms with E-state index in [1.54, 1.807) is 12.1 Å². The highest BCUT2D eigenvalue weighted by molar-refractivity contribution is 6.13. The first kappa shape index (κ1) is 15.7. The molecule has 7 nitrogen and oxygen atoms in total. The molecule has 3 rings (SSSR count). The number of hydrogen-bond donors (Lipinski definition) is 1. The predicted molar refractivity (Wildman–Crippen MR) is 83.6 cm³/mol. The molecule has 1 aromatic rings. The quantitative estimate of drug-likeness (QED) is 0.833. The third-order valence-corrected chi connectivity index (χ3v) is 4.11. The van der Waals surface area contributed by atoms with Crippen LogP contribution in [-0.4, -0.2) is 49.7 Å². The third kappa shape index (κ3) is 3.14. The van der Waals surface area contributed by atoms with Crippen LogP contribution in [0, 0.1) is 5.92 Å². The summed E-state index contributed by atoms with van der Waals surface area (Å²) in [5, 5.41) is 2.80. The van der Waals surface area contributed by atoms with Crippen molar-refractivity contribution in [1.82, 2.24) is 10.3 Å². The number of carbonyl (C=O) groups is 2. The van der Waals surface area contributed by atoms with Crippen LogP contribution in [0.25, 0.3) is 0 Å². The van der Waals surface area contributed by atoms with Crippen LogP contribution in [-0.2, 0) is 9.53 Å². The molecule has 7 heteroatoms. The van der Waals surface area contributed by atoms with Crippen molar-refractivity contribution in [3.05, 3.63) is 17.8 Å². The average Bonchev–Trinajstić information content (AvgIpc) is 3.04. The number of nitrogens with zero attached hydrogens (tertiary/aromatic N) is 2. The van der Waals surface area contributed by atoms with Crippen molar-refractivity contribution in [2.45, 2.75) is 26.0 Å². The standard InChI is InChI=1S/C16H21N3O4/c1-3-22-13-7-6-11-14(17-13)15(20)10(9-19(11)2)16(21)18-12-5-4-8-23-12/h6-7,10,12H,3-5,8-9H2,1-2H3,(H,18,21). The Bertz CT molecular complexity index is 613. The van der Waals surface area contributed by atoms with Crippen LogP contribution in [0.5, 0.6) is 5.88 Å². The largest absolute Gasteiger partial charge is 0.478 e. The number of fused-ring (bicyclic) bond motifs is 1. The molecule has 0 spiro atoms. The maximum Gasteiger partial charge on any atom is 0.234 e. The maximum absolute atomic E-state index is 12.7. The molecular formula is C16H21N3O4. The number of anilines is 1. The predicted octanol–water partition coefficient (Wildman–Crippen LogP) is 0.982. The van der Waals surface area contributed by atoms with Crippen LogP contribution in [0.2, 0.25) is 0 Å². The Morgan fingerprint density at radius 1 is 1.52 bits per heavy atom. The minimum absolute atomic E-state index is 0.268. The zero-order valence-corrected chi connectivity index (χ0v) is 13.4. The number of carbonyl (C=O) groups excluding carboxylic acids is 2. The molecule has 0 saturated carbocycles. The molecule has 2 aliphatic heterocycles. The van der Waals surface area contributed by atoms with Crippen LogP contribution < -0.4 is 15.0 Å². The van der Waals surface area contributed by atoms with E-state index in [1.165, 1.54) is 0 Å². The summed E-state index contributed by atoms with van der Waals surface area (Å²) in [7, 11) is 1.85. The summed E-state index contributed by atoms with van der Waals surface area (Å²) in [6, 6.07) is 3.54. The van der Waals surface area contributed by atoms with Crippen molar-refractivity contribution in [2.24, 2.45) is 5.92 Å². The Hall–Kier alpha value is -2.15. The lowest BCUT2D eigenvalue weighted by Gasteiger charge is -2.31. The highest BCUT2D eigenvalue weighted by Crippen LogP contribution is 2.29. The third-order valence-electron chi connectivity index (χ3n) is 4.11. The molecule has 23 heavy (non-hydrogen) atoms. The van der Waals surface area contributed by atoms with Crippen LogP contribution in [0.4, 0.5) is 5.69 Å². The maximum atomic E-state index is 12.7. The first-order valence-electron chi connectivity index (χ1n) is 7.91. The first-order chi connectivity index (χ1) is 11.1. The van der Waals surface area contributed by atoms with E-state index in [9.17, 15) is 9.59 Å². The van der Waals surface area contributed by atoms with Gasteiger partial charge in [-0.15, -0.1) is 0 Å². The normalized spacial score (nSPS) is 23.6. The van der Waals surface area contributed by atoms with Gasteiger partial charge >= 0.3 is 0 Å². The van der Waals surface area contributed by atoms with Gasteiger partial charge in [0, 0.05) is 26.3 Å². The Labute approximate surface area is 135 Å². The number of hydrogen-bond acceptors (Lipinski definition) is 6. The van der Waals surface area contributed by atoms with Gasteiger partial charge < -0.3 is 19.7 Å². The molecule has 2 aliphatic rings. The molecule has 2 unspecified atom stereocenters. The Kier molecular flexibility index (Phi) is 4.47. The Morgan fingerprint density at radius 3 is 3.04 bits per heavy atom. The lowest BCUT2D eigenvalue weighted by atomic mass is 9.94.